The lowest BCUT2D eigenvalue weighted by Gasteiger charge is -1.92. The molecule has 54 valence electrons. The monoisotopic (exact) mass is 141 g/mol. The Morgan fingerprint density at radius 2 is 2.60 bits per heavy atom. The molecule has 5 nitrogen and oxygen atoms in total. The molecule has 0 aromatic carbocycles. The zero-order chi connectivity index (χ0) is 7.56. The first-order chi connectivity index (χ1) is 4.70. The fourth-order valence-corrected chi connectivity index (χ4v) is 0.626. The van der Waals surface area contributed by atoms with Crippen LogP contribution in [0.4, 0.5) is 0 Å². The lowest BCUT2D eigenvalue weighted by Crippen LogP contribution is -2.05. The minimum absolute atomic E-state index is 0.0243. The molecule has 0 unspecified atom stereocenters. The number of carboxylic acid groups (broad SMARTS) is 1. The first-order valence-corrected chi connectivity index (χ1v) is 2.75. The highest BCUT2D eigenvalue weighted by molar-refractivity contribution is 5.69. The van der Waals surface area contributed by atoms with Crippen molar-refractivity contribution in [2.75, 3.05) is 0 Å². The van der Waals surface area contributed by atoms with Crippen LogP contribution in [0.25, 0.3) is 0 Å². The predicted octanol–water partition coefficient (Wildman–Crippen LogP) is -0.558. The van der Waals surface area contributed by atoms with Gasteiger partial charge >= 0.3 is 5.97 Å². The van der Waals surface area contributed by atoms with E-state index >= 15 is 0 Å². The fraction of sp³-hybridized carbons (Fsp3) is 0.400. The molecule has 0 aliphatic carbocycles. The molecule has 0 amide bonds. The fourth-order valence-electron chi connectivity index (χ4n) is 0.626. The third kappa shape index (κ3) is 1.31. The van der Waals surface area contributed by atoms with Crippen molar-refractivity contribution in [3.8, 4) is 0 Å². The maximum atomic E-state index is 10.2. The van der Waals surface area contributed by atoms with Gasteiger partial charge in [-0.15, -0.1) is 5.10 Å². The number of aryl methyl sites for hydroxylation is 1. The van der Waals surface area contributed by atoms with Gasteiger partial charge in [0.05, 0.1) is 18.3 Å². The summed E-state index contributed by atoms with van der Waals surface area (Å²) in [5.74, 6) is -0.870. The molecule has 0 saturated carbocycles. The molecule has 10 heavy (non-hydrogen) atoms. The van der Waals surface area contributed by atoms with Crippen molar-refractivity contribution in [2.24, 2.45) is 7.05 Å². The van der Waals surface area contributed by atoms with E-state index in [2.05, 4.69) is 10.3 Å². The van der Waals surface area contributed by atoms with Crippen molar-refractivity contribution < 1.29 is 9.90 Å². The van der Waals surface area contributed by atoms with E-state index < -0.39 is 5.97 Å². The Morgan fingerprint density at radius 3 is 3.00 bits per heavy atom. The van der Waals surface area contributed by atoms with Gasteiger partial charge in [-0.3, -0.25) is 9.48 Å². The van der Waals surface area contributed by atoms with E-state index in [0.29, 0.717) is 5.69 Å². The van der Waals surface area contributed by atoms with Crippen LogP contribution in [-0.4, -0.2) is 26.1 Å². The molecule has 5 heteroatoms. The minimum atomic E-state index is -0.870. The highest BCUT2D eigenvalue weighted by atomic mass is 16.4. The SMILES string of the molecule is Cn1nncc1CC(=O)O. The second-order valence-electron chi connectivity index (χ2n) is 1.92. The molecule has 1 aromatic rings. The number of aliphatic carboxylic acids is 1. The largest absolute Gasteiger partial charge is 0.481 e. The van der Waals surface area contributed by atoms with E-state index in [9.17, 15) is 4.79 Å². The second kappa shape index (κ2) is 2.47. The Morgan fingerprint density at radius 1 is 1.90 bits per heavy atom. The molecule has 1 aromatic heterocycles. The van der Waals surface area contributed by atoms with Crippen LogP contribution in [-0.2, 0) is 18.3 Å². The summed E-state index contributed by atoms with van der Waals surface area (Å²) in [6.45, 7) is 0. The zero-order valence-corrected chi connectivity index (χ0v) is 5.48. The van der Waals surface area contributed by atoms with Crippen LogP contribution in [0.5, 0.6) is 0 Å². The van der Waals surface area contributed by atoms with Crippen molar-refractivity contribution in [1.82, 2.24) is 15.0 Å². The zero-order valence-electron chi connectivity index (χ0n) is 5.48. The summed E-state index contributed by atoms with van der Waals surface area (Å²) in [5.41, 5.74) is 0.604. The Labute approximate surface area is 57.3 Å². The summed E-state index contributed by atoms with van der Waals surface area (Å²) >= 11 is 0. The smallest absolute Gasteiger partial charge is 0.309 e. The normalized spacial score (nSPS) is 9.70. The van der Waals surface area contributed by atoms with Gasteiger partial charge in [-0.2, -0.15) is 0 Å². The van der Waals surface area contributed by atoms with E-state index in [4.69, 9.17) is 5.11 Å². The number of carboxylic acids is 1. The van der Waals surface area contributed by atoms with Crippen LogP contribution in [0.2, 0.25) is 0 Å². The average molecular weight is 141 g/mol. The van der Waals surface area contributed by atoms with Gasteiger partial charge in [-0.1, -0.05) is 5.21 Å². The van der Waals surface area contributed by atoms with Crippen molar-refractivity contribution in [2.45, 2.75) is 6.42 Å². The lowest BCUT2D eigenvalue weighted by atomic mass is 10.3. The molecule has 0 fully saturated rings. The number of rotatable bonds is 2. The van der Waals surface area contributed by atoms with E-state index in [1.54, 1.807) is 7.05 Å². The van der Waals surface area contributed by atoms with E-state index in [1.807, 2.05) is 0 Å². The van der Waals surface area contributed by atoms with Gasteiger partial charge in [0.1, 0.15) is 0 Å². The van der Waals surface area contributed by atoms with Crippen LogP contribution >= 0.6 is 0 Å². The molecular weight excluding hydrogens is 134 g/mol. The Balaban J connectivity index is 2.74. The standard InChI is InChI=1S/C5H7N3O2/c1-8-4(2-5(9)10)3-6-7-8/h3H,2H2,1H3,(H,9,10). The highest BCUT2D eigenvalue weighted by Crippen LogP contribution is 1.93. The number of hydrogen-bond donors (Lipinski definition) is 1. The van der Waals surface area contributed by atoms with Crippen LogP contribution in [0.1, 0.15) is 5.69 Å². The molecule has 1 heterocycles. The van der Waals surface area contributed by atoms with E-state index in [0.717, 1.165) is 0 Å². The maximum absolute atomic E-state index is 10.2. The first-order valence-electron chi connectivity index (χ1n) is 2.75. The quantitative estimate of drug-likeness (QED) is 0.599. The topological polar surface area (TPSA) is 68.0 Å². The van der Waals surface area contributed by atoms with Crippen LogP contribution in [0, 0.1) is 0 Å². The number of hydrogen-bond acceptors (Lipinski definition) is 3. The summed E-state index contributed by atoms with van der Waals surface area (Å²) in [6.07, 6.45) is 1.41. The minimum Gasteiger partial charge on any atom is -0.481 e. The van der Waals surface area contributed by atoms with Crippen LogP contribution in [0.3, 0.4) is 0 Å². The molecule has 0 aliphatic heterocycles. The van der Waals surface area contributed by atoms with Gasteiger partial charge in [0.15, 0.2) is 0 Å². The Hall–Kier alpha value is -1.39. The molecular formula is C5H7N3O2. The van der Waals surface area contributed by atoms with Crippen molar-refractivity contribution in [1.29, 1.82) is 0 Å². The number of aromatic nitrogens is 3. The maximum Gasteiger partial charge on any atom is 0.309 e. The van der Waals surface area contributed by atoms with Crippen LogP contribution < -0.4 is 0 Å². The molecule has 0 aliphatic rings. The molecule has 0 saturated heterocycles. The van der Waals surface area contributed by atoms with Gasteiger partial charge in [0, 0.05) is 7.05 Å². The van der Waals surface area contributed by atoms with Gasteiger partial charge in [0.2, 0.25) is 0 Å². The van der Waals surface area contributed by atoms with Crippen molar-refractivity contribution in [3.05, 3.63) is 11.9 Å². The van der Waals surface area contributed by atoms with Gasteiger partial charge in [0.25, 0.3) is 0 Å². The Bertz CT molecular complexity index is 243. The van der Waals surface area contributed by atoms with E-state index in [1.165, 1.54) is 10.9 Å². The highest BCUT2D eigenvalue weighted by Gasteiger charge is 2.03. The number of carbonyl (C=O) groups is 1. The summed E-state index contributed by atoms with van der Waals surface area (Å²) in [4.78, 5) is 10.2. The first kappa shape index (κ1) is 6.73. The molecule has 1 rings (SSSR count). The molecule has 1 N–H and O–H groups in total. The summed E-state index contributed by atoms with van der Waals surface area (Å²) < 4.78 is 1.44. The van der Waals surface area contributed by atoms with E-state index in [-0.39, 0.29) is 6.42 Å². The van der Waals surface area contributed by atoms with Gasteiger partial charge in [-0.25, -0.2) is 0 Å². The van der Waals surface area contributed by atoms with Crippen molar-refractivity contribution >= 4 is 5.97 Å². The lowest BCUT2D eigenvalue weighted by molar-refractivity contribution is -0.136. The third-order valence-corrected chi connectivity index (χ3v) is 1.14. The summed E-state index contributed by atoms with van der Waals surface area (Å²) in [6, 6.07) is 0. The number of nitrogens with zero attached hydrogens (tertiary/aromatic N) is 3. The third-order valence-electron chi connectivity index (χ3n) is 1.14. The van der Waals surface area contributed by atoms with Crippen molar-refractivity contribution in [3.63, 3.8) is 0 Å². The Kier molecular flexibility index (Phi) is 1.66. The van der Waals surface area contributed by atoms with Gasteiger partial charge < -0.3 is 5.11 Å². The second-order valence-corrected chi connectivity index (χ2v) is 1.92. The summed E-state index contributed by atoms with van der Waals surface area (Å²) in [5, 5.41) is 15.4. The van der Waals surface area contributed by atoms with Crippen LogP contribution in [0.15, 0.2) is 6.20 Å². The van der Waals surface area contributed by atoms with Gasteiger partial charge in [-0.05, 0) is 0 Å². The molecule has 0 radical (unpaired) electrons. The molecule has 0 bridgehead atoms. The molecule has 0 spiro atoms. The predicted molar refractivity (Wildman–Crippen MR) is 32.3 cm³/mol. The summed E-state index contributed by atoms with van der Waals surface area (Å²) in [7, 11) is 1.66. The average Bonchev–Trinajstić information content (AvgIpc) is 2.15. The molecule has 0 atom stereocenters.